The van der Waals surface area contributed by atoms with E-state index in [1.54, 1.807) is 0 Å². The summed E-state index contributed by atoms with van der Waals surface area (Å²) in [6.07, 6.45) is 1.20. The lowest BCUT2D eigenvalue weighted by Crippen LogP contribution is -2.14. The molecule has 0 aliphatic carbocycles. The van der Waals surface area contributed by atoms with Crippen molar-refractivity contribution in [3.05, 3.63) is 35.5 Å². The molecule has 0 atom stereocenters. The molecule has 1 aromatic heterocycles. The van der Waals surface area contributed by atoms with Crippen molar-refractivity contribution in [1.29, 1.82) is 0 Å². The Kier molecular flexibility index (Phi) is 3.73. The van der Waals surface area contributed by atoms with Gasteiger partial charge in [-0.15, -0.1) is 0 Å². The van der Waals surface area contributed by atoms with Gasteiger partial charge in [0.05, 0.1) is 5.75 Å². The fourth-order valence-electron chi connectivity index (χ4n) is 1.61. The summed E-state index contributed by atoms with van der Waals surface area (Å²) in [5.74, 6) is 0.654. The number of hydrogen-bond acceptors (Lipinski definition) is 4. The quantitative estimate of drug-likeness (QED) is 0.876. The molecule has 96 valence electrons. The number of hydrogen-bond donors (Lipinski definition) is 1. The molecule has 0 aliphatic rings. The van der Waals surface area contributed by atoms with Gasteiger partial charge in [-0.1, -0.05) is 35.9 Å². The second-order valence-corrected chi connectivity index (χ2v) is 6.69. The number of nitrogens with one attached hydrogen (secondary N) is 1. The molecule has 4 nitrogen and oxygen atoms in total. The maximum atomic E-state index is 11.0. The van der Waals surface area contributed by atoms with Crippen LogP contribution in [-0.2, 0) is 9.84 Å². The van der Waals surface area contributed by atoms with Crippen molar-refractivity contribution in [2.24, 2.45) is 0 Å². The number of anilines is 1. The van der Waals surface area contributed by atoms with E-state index >= 15 is 0 Å². The van der Waals surface area contributed by atoms with Crippen molar-refractivity contribution in [1.82, 2.24) is 4.98 Å². The molecule has 0 amide bonds. The second-order valence-electron chi connectivity index (χ2n) is 4.08. The maximum absolute atomic E-state index is 11.0. The van der Waals surface area contributed by atoms with Crippen LogP contribution in [0.4, 0.5) is 5.82 Å². The summed E-state index contributed by atoms with van der Waals surface area (Å²) in [6.45, 7) is 0.320. The third-order valence-corrected chi connectivity index (χ3v) is 3.71. The van der Waals surface area contributed by atoms with Crippen molar-refractivity contribution >= 4 is 38.0 Å². The normalized spacial score (nSPS) is 11.7. The van der Waals surface area contributed by atoms with Crippen molar-refractivity contribution in [3.63, 3.8) is 0 Å². The highest BCUT2D eigenvalue weighted by atomic mass is 35.5. The zero-order valence-corrected chi connectivity index (χ0v) is 11.4. The van der Waals surface area contributed by atoms with Crippen LogP contribution in [0.25, 0.3) is 10.8 Å². The number of nitrogens with zero attached hydrogens (tertiary/aromatic N) is 1. The van der Waals surface area contributed by atoms with Crippen LogP contribution in [0.1, 0.15) is 0 Å². The van der Waals surface area contributed by atoms with Crippen LogP contribution in [0, 0.1) is 0 Å². The molecule has 0 saturated heterocycles. The van der Waals surface area contributed by atoms with Crippen LogP contribution in [0.15, 0.2) is 30.3 Å². The minimum Gasteiger partial charge on any atom is -0.369 e. The van der Waals surface area contributed by atoms with Crippen molar-refractivity contribution in [2.45, 2.75) is 0 Å². The van der Waals surface area contributed by atoms with Gasteiger partial charge >= 0.3 is 0 Å². The summed E-state index contributed by atoms with van der Waals surface area (Å²) >= 11 is 6.06. The van der Waals surface area contributed by atoms with E-state index in [0.717, 1.165) is 10.8 Å². The van der Waals surface area contributed by atoms with Gasteiger partial charge in [-0.2, -0.15) is 0 Å². The number of aromatic nitrogens is 1. The Hall–Kier alpha value is -1.33. The Balaban J connectivity index is 2.19. The molecule has 2 aromatic rings. The maximum Gasteiger partial charge on any atom is 0.149 e. The van der Waals surface area contributed by atoms with Gasteiger partial charge in [-0.25, -0.2) is 13.4 Å². The van der Waals surface area contributed by atoms with Crippen LogP contribution in [0.3, 0.4) is 0 Å². The minimum atomic E-state index is -2.97. The van der Waals surface area contributed by atoms with Gasteiger partial charge in [0, 0.05) is 18.2 Å². The standard InChI is InChI=1S/C12H13ClN2O2S/c1-18(16,17)7-6-14-11-8-9-4-2-3-5-10(9)12(13)15-11/h2-5,8H,6-7H2,1H3,(H,14,15). The van der Waals surface area contributed by atoms with Crippen molar-refractivity contribution < 1.29 is 8.42 Å². The minimum absolute atomic E-state index is 0.0686. The highest BCUT2D eigenvalue weighted by molar-refractivity contribution is 7.90. The highest BCUT2D eigenvalue weighted by Gasteiger charge is 2.05. The van der Waals surface area contributed by atoms with E-state index in [4.69, 9.17) is 11.6 Å². The topological polar surface area (TPSA) is 59.1 Å². The zero-order valence-electron chi connectivity index (χ0n) is 9.85. The molecule has 0 bridgehead atoms. The Bertz CT molecular complexity index is 671. The van der Waals surface area contributed by atoms with Gasteiger partial charge in [0.2, 0.25) is 0 Å². The molecule has 18 heavy (non-hydrogen) atoms. The Morgan fingerprint density at radius 2 is 2.06 bits per heavy atom. The third kappa shape index (κ3) is 3.34. The molecule has 6 heteroatoms. The molecule has 2 rings (SSSR count). The fraction of sp³-hybridized carbons (Fsp3) is 0.250. The predicted molar refractivity (Wildman–Crippen MR) is 75.0 cm³/mol. The predicted octanol–water partition coefficient (Wildman–Crippen LogP) is 2.34. The highest BCUT2D eigenvalue weighted by Crippen LogP contribution is 2.24. The molecule has 1 heterocycles. The van der Waals surface area contributed by atoms with E-state index in [1.807, 2.05) is 30.3 Å². The van der Waals surface area contributed by atoms with E-state index in [9.17, 15) is 8.42 Å². The first-order valence-electron chi connectivity index (χ1n) is 5.42. The summed E-state index contributed by atoms with van der Waals surface area (Å²) in [5.41, 5.74) is 0. The largest absolute Gasteiger partial charge is 0.369 e. The number of halogens is 1. The molecule has 0 saturated carbocycles. The van der Waals surface area contributed by atoms with Gasteiger partial charge in [-0.05, 0) is 11.5 Å². The van der Waals surface area contributed by atoms with Gasteiger partial charge in [0.15, 0.2) is 0 Å². The summed E-state index contributed by atoms with van der Waals surface area (Å²) < 4.78 is 22.0. The lowest BCUT2D eigenvalue weighted by molar-refractivity contribution is 0.602. The first kappa shape index (κ1) is 13.1. The van der Waals surface area contributed by atoms with E-state index in [0.29, 0.717) is 17.5 Å². The first-order chi connectivity index (χ1) is 8.46. The lowest BCUT2D eigenvalue weighted by Gasteiger charge is -2.07. The Labute approximate surface area is 111 Å². The van der Waals surface area contributed by atoms with Crippen LogP contribution < -0.4 is 5.32 Å². The van der Waals surface area contributed by atoms with E-state index in [1.165, 1.54) is 6.26 Å². The monoisotopic (exact) mass is 284 g/mol. The second kappa shape index (κ2) is 5.12. The van der Waals surface area contributed by atoms with Crippen LogP contribution in [-0.4, -0.2) is 32.0 Å². The Morgan fingerprint density at radius 3 is 2.78 bits per heavy atom. The number of rotatable bonds is 4. The molecule has 0 fully saturated rings. The fourth-order valence-corrected chi connectivity index (χ4v) is 2.35. The average Bonchev–Trinajstić information content (AvgIpc) is 2.27. The van der Waals surface area contributed by atoms with Gasteiger partial charge < -0.3 is 5.32 Å². The van der Waals surface area contributed by atoms with Gasteiger partial charge in [0.25, 0.3) is 0 Å². The number of sulfone groups is 1. The zero-order chi connectivity index (χ0) is 13.2. The SMILES string of the molecule is CS(=O)(=O)CCNc1cc2ccccc2c(Cl)n1. The smallest absolute Gasteiger partial charge is 0.149 e. The van der Waals surface area contributed by atoms with Gasteiger partial charge in [0.1, 0.15) is 20.8 Å². The van der Waals surface area contributed by atoms with Crippen LogP contribution in [0.5, 0.6) is 0 Å². The molecule has 0 radical (unpaired) electrons. The van der Waals surface area contributed by atoms with Crippen molar-refractivity contribution in [2.75, 3.05) is 23.9 Å². The number of pyridine rings is 1. The molecule has 0 aliphatic heterocycles. The van der Waals surface area contributed by atoms with E-state index < -0.39 is 9.84 Å². The average molecular weight is 285 g/mol. The van der Waals surface area contributed by atoms with Crippen molar-refractivity contribution in [3.8, 4) is 0 Å². The molecule has 1 N–H and O–H groups in total. The molecule has 1 aromatic carbocycles. The third-order valence-electron chi connectivity index (χ3n) is 2.47. The van der Waals surface area contributed by atoms with E-state index in [-0.39, 0.29) is 5.75 Å². The molecular weight excluding hydrogens is 272 g/mol. The first-order valence-corrected chi connectivity index (χ1v) is 7.86. The summed E-state index contributed by atoms with van der Waals surface area (Å²) in [6, 6.07) is 9.49. The summed E-state index contributed by atoms with van der Waals surface area (Å²) in [5, 5.41) is 5.23. The Morgan fingerprint density at radius 1 is 1.33 bits per heavy atom. The summed E-state index contributed by atoms with van der Waals surface area (Å²) in [4.78, 5) is 4.18. The van der Waals surface area contributed by atoms with Crippen LogP contribution >= 0.6 is 11.6 Å². The molecular formula is C12H13ClN2O2S. The molecule has 0 unspecified atom stereocenters. The number of fused-ring (bicyclic) bond motifs is 1. The van der Waals surface area contributed by atoms with E-state index in [2.05, 4.69) is 10.3 Å². The lowest BCUT2D eigenvalue weighted by atomic mass is 10.2. The molecule has 0 spiro atoms. The van der Waals surface area contributed by atoms with Crippen LogP contribution in [0.2, 0.25) is 5.15 Å². The number of benzene rings is 1. The van der Waals surface area contributed by atoms with Gasteiger partial charge in [-0.3, -0.25) is 0 Å². The summed E-state index contributed by atoms with van der Waals surface area (Å²) in [7, 11) is -2.97.